The lowest BCUT2D eigenvalue weighted by Crippen LogP contribution is -1.93. The van der Waals surface area contributed by atoms with Gasteiger partial charge in [0.05, 0.1) is 5.52 Å². The van der Waals surface area contributed by atoms with Gasteiger partial charge >= 0.3 is 0 Å². The van der Waals surface area contributed by atoms with Crippen molar-refractivity contribution in [3.63, 3.8) is 0 Å². The number of hydrogen-bond acceptors (Lipinski definition) is 2. The third kappa shape index (κ3) is 2.44. The van der Waals surface area contributed by atoms with Gasteiger partial charge in [-0.3, -0.25) is 10.7 Å². The van der Waals surface area contributed by atoms with E-state index in [9.17, 15) is 0 Å². The summed E-state index contributed by atoms with van der Waals surface area (Å²) in [5, 5.41) is 9.72. The zero-order valence-corrected chi connectivity index (χ0v) is 11.0. The topological polar surface area (TPSA) is 37.2 Å². The van der Waals surface area contributed by atoms with Crippen molar-refractivity contribution in [2.45, 2.75) is 6.42 Å². The van der Waals surface area contributed by atoms with Gasteiger partial charge in [0.1, 0.15) is 0 Å². The van der Waals surface area contributed by atoms with Gasteiger partial charge in [-0.25, -0.2) is 0 Å². The maximum atomic E-state index is 8.51. The minimum atomic E-state index is 0.792. The van der Waals surface area contributed by atoms with Crippen LogP contribution in [0.4, 0.5) is 0 Å². The largest absolute Gasteiger partial charge is 0.317 e. The lowest BCUT2D eigenvalue weighted by atomic mass is 10.1. The molecule has 0 amide bonds. The van der Waals surface area contributed by atoms with Gasteiger partial charge in [0.25, 0.3) is 0 Å². The number of hydrogen-bond donors (Lipinski definition) is 2. The fourth-order valence-electron chi connectivity index (χ4n) is 2.38. The summed E-state index contributed by atoms with van der Waals surface area (Å²) in [5.74, 6) is 0. The molecule has 0 radical (unpaired) electrons. The van der Waals surface area contributed by atoms with E-state index in [1.165, 1.54) is 28.4 Å². The first kappa shape index (κ1) is 12.5. The molecule has 2 N–H and O–H groups in total. The number of rotatable bonds is 4. The van der Waals surface area contributed by atoms with Crippen LogP contribution in [0.2, 0.25) is 0 Å². The van der Waals surface area contributed by atoms with Crippen molar-refractivity contribution in [2.75, 3.05) is 0 Å². The maximum Gasteiger partial charge on any atom is 0.0528 e. The fourth-order valence-corrected chi connectivity index (χ4v) is 2.38. The van der Waals surface area contributed by atoms with E-state index in [2.05, 4.69) is 47.2 Å². The molecule has 0 aliphatic carbocycles. The van der Waals surface area contributed by atoms with Gasteiger partial charge in [0.15, 0.2) is 0 Å². The van der Waals surface area contributed by atoms with Crippen LogP contribution in [-0.4, -0.2) is 9.77 Å². The van der Waals surface area contributed by atoms with Gasteiger partial charge in [-0.15, -0.1) is 0 Å². The summed E-state index contributed by atoms with van der Waals surface area (Å²) in [7, 11) is 0. The number of aromatic nitrogens is 1. The molecule has 0 saturated carbocycles. The highest BCUT2D eigenvalue weighted by Crippen LogP contribution is 2.21. The number of benzene rings is 2. The molecule has 3 nitrogen and oxygen atoms in total. The lowest BCUT2D eigenvalue weighted by molar-refractivity contribution is 0.214. The lowest BCUT2D eigenvalue weighted by Gasteiger charge is -2.05. The van der Waals surface area contributed by atoms with E-state index in [1.54, 1.807) is 0 Å². The van der Waals surface area contributed by atoms with Gasteiger partial charge < -0.3 is 4.57 Å². The zero-order chi connectivity index (χ0) is 13.8. The van der Waals surface area contributed by atoms with Gasteiger partial charge in [0, 0.05) is 23.5 Å². The number of nitrogens with zero attached hydrogens (tertiary/aromatic N) is 1. The van der Waals surface area contributed by atoms with Gasteiger partial charge in [-0.2, -0.15) is 0 Å². The summed E-state index contributed by atoms with van der Waals surface area (Å²) in [6, 6.07) is 18.9. The van der Waals surface area contributed by atoms with Crippen LogP contribution >= 0.6 is 0 Å². The van der Waals surface area contributed by atoms with E-state index >= 15 is 0 Å². The van der Waals surface area contributed by atoms with Crippen molar-refractivity contribution >= 4 is 10.9 Å². The van der Waals surface area contributed by atoms with Crippen LogP contribution in [0.1, 0.15) is 5.56 Å². The minimum absolute atomic E-state index is 0.792. The standard InChI is InChI=1S/C17H16N2O/c20-18-11-4-5-14-8-9-17-15(13-14)10-12-19(17)16-6-2-1-3-7-16/h1-4,6-13,18,20H,5H2. The molecular formula is C17H16N2O. The summed E-state index contributed by atoms with van der Waals surface area (Å²) < 4.78 is 2.18. The number of para-hydroxylation sites is 1. The van der Waals surface area contributed by atoms with E-state index in [-0.39, 0.29) is 0 Å². The van der Waals surface area contributed by atoms with Crippen molar-refractivity contribution in [1.29, 1.82) is 0 Å². The highest BCUT2D eigenvalue weighted by atomic mass is 16.5. The van der Waals surface area contributed by atoms with E-state index in [0.29, 0.717) is 0 Å². The van der Waals surface area contributed by atoms with Crippen LogP contribution in [0, 0.1) is 0 Å². The Morgan fingerprint density at radius 2 is 1.90 bits per heavy atom. The second kappa shape index (κ2) is 5.63. The molecular weight excluding hydrogens is 248 g/mol. The molecule has 20 heavy (non-hydrogen) atoms. The average Bonchev–Trinajstić information content (AvgIpc) is 2.91. The Morgan fingerprint density at radius 3 is 2.70 bits per heavy atom. The van der Waals surface area contributed by atoms with Gasteiger partial charge in [0.2, 0.25) is 0 Å². The molecule has 0 bridgehead atoms. The molecule has 3 rings (SSSR count). The molecule has 2 aromatic carbocycles. The quantitative estimate of drug-likeness (QED) is 0.705. The monoisotopic (exact) mass is 264 g/mol. The Kier molecular flexibility index (Phi) is 3.52. The molecule has 0 saturated heterocycles. The van der Waals surface area contributed by atoms with Crippen LogP contribution in [-0.2, 0) is 6.42 Å². The SMILES string of the molecule is ONC=CCc1ccc2c(ccn2-c2ccccc2)c1. The molecule has 1 aromatic heterocycles. The van der Waals surface area contributed by atoms with E-state index in [0.717, 1.165) is 6.42 Å². The van der Waals surface area contributed by atoms with Crippen LogP contribution in [0.25, 0.3) is 16.6 Å². The second-order valence-electron chi connectivity index (χ2n) is 4.65. The summed E-state index contributed by atoms with van der Waals surface area (Å²) in [6.07, 6.45) is 6.30. The van der Waals surface area contributed by atoms with Crippen molar-refractivity contribution < 1.29 is 5.21 Å². The summed E-state index contributed by atoms with van der Waals surface area (Å²) in [5.41, 5.74) is 5.60. The third-order valence-electron chi connectivity index (χ3n) is 3.33. The molecule has 0 atom stereocenters. The molecule has 1 heterocycles. The maximum absolute atomic E-state index is 8.51. The van der Waals surface area contributed by atoms with Gasteiger partial charge in [-0.05, 0) is 42.3 Å². The minimum Gasteiger partial charge on any atom is -0.317 e. The number of hydroxylamine groups is 1. The summed E-state index contributed by atoms with van der Waals surface area (Å²) >= 11 is 0. The van der Waals surface area contributed by atoms with Gasteiger partial charge in [-0.1, -0.05) is 30.3 Å². The first-order valence-corrected chi connectivity index (χ1v) is 6.58. The number of allylic oxidation sites excluding steroid dienone is 1. The zero-order valence-electron chi connectivity index (χ0n) is 11.0. The molecule has 3 aromatic rings. The molecule has 0 fully saturated rings. The Morgan fingerprint density at radius 1 is 1.05 bits per heavy atom. The van der Waals surface area contributed by atoms with Crippen LogP contribution < -0.4 is 5.48 Å². The van der Waals surface area contributed by atoms with E-state index < -0.39 is 0 Å². The number of nitrogens with one attached hydrogen (secondary N) is 1. The predicted octanol–water partition coefficient (Wildman–Crippen LogP) is 3.67. The first-order chi connectivity index (χ1) is 9.88. The Bertz CT molecular complexity index is 729. The van der Waals surface area contributed by atoms with Crippen molar-refractivity contribution in [3.05, 3.63) is 78.6 Å². The summed E-state index contributed by atoms with van der Waals surface area (Å²) in [4.78, 5) is 0. The third-order valence-corrected chi connectivity index (χ3v) is 3.33. The summed E-state index contributed by atoms with van der Waals surface area (Å²) in [6.45, 7) is 0. The van der Waals surface area contributed by atoms with E-state index in [1.807, 2.05) is 29.8 Å². The van der Waals surface area contributed by atoms with Crippen molar-refractivity contribution in [2.24, 2.45) is 0 Å². The number of fused-ring (bicyclic) bond motifs is 1. The molecule has 0 aliphatic rings. The molecule has 0 aliphatic heterocycles. The average molecular weight is 264 g/mol. The fraction of sp³-hybridized carbons (Fsp3) is 0.0588. The van der Waals surface area contributed by atoms with Crippen LogP contribution in [0.3, 0.4) is 0 Å². The predicted molar refractivity (Wildman–Crippen MR) is 81.0 cm³/mol. The van der Waals surface area contributed by atoms with Crippen LogP contribution in [0.15, 0.2) is 73.1 Å². The molecule has 0 unspecified atom stereocenters. The Balaban J connectivity index is 1.96. The highest BCUT2D eigenvalue weighted by molar-refractivity contribution is 5.82. The van der Waals surface area contributed by atoms with E-state index in [4.69, 9.17) is 5.21 Å². The van der Waals surface area contributed by atoms with Crippen molar-refractivity contribution in [3.8, 4) is 5.69 Å². The van der Waals surface area contributed by atoms with Crippen LogP contribution in [0.5, 0.6) is 0 Å². The van der Waals surface area contributed by atoms with Crippen molar-refractivity contribution in [1.82, 2.24) is 10.0 Å². The first-order valence-electron chi connectivity index (χ1n) is 6.58. The molecule has 0 spiro atoms. The highest BCUT2D eigenvalue weighted by Gasteiger charge is 2.03. The second-order valence-corrected chi connectivity index (χ2v) is 4.65. The Hall–Kier alpha value is -2.52. The Labute approximate surface area is 117 Å². The smallest absolute Gasteiger partial charge is 0.0528 e. The molecule has 3 heteroatoms. The normalized spacial score (nSPS) is 11.2. The molecule has 100 valence electrons.